The summed E-state index contributed by atoms with van der Waals surface area (Å²) in [7, 11) is 0. The molecule has 24 heavy (non-hydrogen) atoms. The molecule has 0 spiro atoms. The third-order valence-corrected chi connectivity index (χ3v) is 3.89. The molecular weight excluding hydrogens is 301 g/mol. The Kier molecular flexibility index (Phi) is 4.41. The smallest absolute Gasteiger partial charge is 0.324 e. The van der Waals surface area contributed by atoms with Gasteiger partial charge in [-0.25, -0.2) is 4.85 Å². The zero-order valence-electron chi connectivity index (χ0n) is 13.4. The molecule has 0 bridgehead atoms. The summed E-state index contributed by atoms with van der Waals surface area (Å²) < 4.78 is 16.7. The summed E-state index contributed by atoms with van der Waals surface area (Å²) in [6, 6.07) is 11.1. The van der Waals surface area contributed by atoms with Gasteiger partial charge in [-0.3, -0.25) is 0 Å². The minimum absolute atomic E-state index is 0. The first kappa shape index (κ1) is 15.9. The van der Waals surface area contributed by atoms with Crippen molar-refractivity contribution in [1.82, 2.24) is 0 Å². The predicted molar refractivity (Wildman–Crippen MR) is 97.7 cm³/mol. The Hall–Kier alpha value is -2.97. The van der Waals surface area contributed by atoms with Crippen molar-refractivity contribution in [2.45, 2.75) is 13.4 Å². The van der Waals surface area contributed by atoms with Crippen LogP contribution < -0.4 is 10.2 Å². The van der Waals surface area contributed by atoms with Gasteiger partial charge in [0, 0.05) is 6.99 Å². The number of fused-ring (bicyclic) bond motifs is 1. The van der Waals surface area contributed by atoms with E-state index in [9.17, 15) is 0 Å². The second-order valence-corrected chi connectivity index (χ2v) is 5.41. The average Bonchev–Trinajstić information content (AvgIpc) is 2.95. The van der Waals surface area contributed by atoms with Crippen molar-refractivity contribution in [2.75, 3.05) is 0 Å². The summed E-state index contributed by atoms with van der Waals surface area (Å²) in [6.07, 6.45) is 1.28. The zero-order chi connectivity index (χ0) is 17.1. The number of nitrogens with zero attached hydrogens (tertiary/aromatic N) is 1. The van der Waals surface area contributed by atoms with E-state index in [4.69, 9.17) is 20.7 Å². The third-order valence-electron chi connectivity index (χ3n) is 3.89. The molecule has 0 aliphatic carbocycles. The minimum atomic E-state index is 0. The van der Waals surface area contributed by atoms with Gasteiger partial charge in [0.15, 0.2) is 5.69 Å². The SMILES string of the molecule is [C-]#[N+]c1ccc(Oc2ccc3c(c2)COB3C)cc1C(=C)OC=C.[HH]. The Bertz CT molecular complexity index is 860. The lowest BCUT2D eigenvalue weighted by Gasteiger charge is -2.11. The lowest BCUT2D eigenvalue weighted by atomic mass is 9.64. The Morgan fingerprint density at radius 1 is 1.33 bits per heavy atom. The number of hydrogen-bond acceptors (Lipinski definition) is 3. The molecule has 0 amide bonds. The minimum Gasteiger partial charge on any atom is -0.467 e. The van der Waals surface area contributed by atoms with Crippen molar-refractivity contribution in [3.05, 3.63) is 78.4 Å². The Labute approximate surface area is 143 Å². The topological polar surface area (TPSA) is 32.0 Å². The van der Waals surface area contributed by atoms with Crippen LogP contribution in [0.15, 0.2) is 55.8 Å². The maximum atomic E-state index is 7.25. The van der Waals surface area contributed by atoms with Gasteiger partial charge in [-0.05, 0) is 35.3 Å². The molecule has 0 unspecified atom stereocenters. The fourth-order valence-electron chi connectivity index (χ4n) is 2.67. The Morgan fingerprint density at radius 3 is 2.83 bits per heavy atom. The van der Waals surface area contributed by atoms with Crippen molar-refractivity contribution in [3.8, 4) is 11.5 Å². The van der Waals surface area contributed by atoms with Crippen LogP contribution in [0, 0.1) is 6.57 Å². The lowest BCUT2D eigenvalue weighted by molar-refractivity contribution is 0.333. The van der Waals surface area contributed by atoms with Crippen LogP contribution in [0.4, 0.5) is 5.69 Å². The van der Waals surface area contributed by atoms with Gasteiger partial charge in [0.05, 0.1) is 19.4 Å². The zero-order valence-corrected chi connectivity index (χ0v) is 13.4. The predicted octanol–water partition coefficient (Wildman–Crippen LogP) is 4.76. The summed E-state index contributed by atoms with van der Waals surface area (Å²) in [5, 5.41) is 0. The quantitative estimate of drug-likeness (QED) is 0.452. The molecular formula is C19H18BNO3. The number of hydrogen-bond donors (Lipinski definition) is 0. The van der Waals surface area contributed by atoms with Crippen LogP contribution in [-0.4, -0.2) is 6.92 Å². The molecule has 0 atom stereocenters. The van der Waals surface area contributed by atoms with Crippen LogP contribution in [0.3, 0.4) is 0 Å². The monoisotopic (exact) mass is 319 g/mol. The van der Waals surface area contributed by atoms with Gasteiger partial charge in [0.1, 0.15) is 17.3 Å². The van der Waals surface area contributed by atoms with Crippen molar-refractivity contribution >= 4 is 23.8 Å². The molecule has 0 radical (unpaired) electrons. The largest absolute Gasteiger partial charge is 0.467 e. The molecule has 0 saturated carbocycles. The first-order chi connectivity index (χ1) is 11.6. The van der Waals surface area contributed by atoms with Crippen LogP contribution in [0.5, 0.6) is 11.5 Å². The number of benzene rings is 2. The highest BCUT2D eigenvalue weighted by atomic mass is 16.5. The van der Waals surface area contributed by atoms with E-state index in [1.807, 2.05) is 25.0 Å². The molecule has 4 nitrogen and oxygen atoms in total. The molecule has 120 valence electrons. The summed E-state index contributed by atoms with van der Waals surface area (Å²) >= 11 is 0. The maximum absolute atomic E-state index is 7.25. The van der Waals surface area contributed by atoms with E-state index in [-0.39, 0.29) is 8.34 Å². The Morgan fingerprint density at radius 2 is 2.08 bits per heavy atom. The first-order valence-corrected chi connectivity index (χ1v) is 7.53. The average molecular weight is 319 g/mol. The van der Waals surface area contributed by atoms with Crippen LogP contribution >= 0.6 is 0 Å². The van der Waals surface area contributed by atoms with Gasteiger partial charge >= 0.3 is 6.92 Å². The molecule has 0 N–H and O–H groups in total. The molecule has 3 rings (SSSR count). The first-order valence-electron chi connectivity index (χ1n) is 7.53. The van der Waals surface area contributed by atoms with E-state index in [0.29, 0.717) is 29.4 Å². The molecule has 1 aliphatic rings. The van der Waals surface area contributed by atoms with Gasteiger partial charge in [0.25, 0.3) is 0 Å². The van der Waals surface area contributed by atoms with Crippen molar-refractivity contribution < 1.29 is 15.6 Å². The van der Waals surface area contributed by atoms with E-state index in [1.54, 1.807) is 18.2 Å². The summed E-state index contributed by atoms with van der Waals surface area (Å²) in [5.41, 5.74) is 3.36. The van der Waals surface area contributed by atoms with Crippen molar-refractivity contribution in [3.63, 3.8) is 0 Å². The van der Waals surface area contributed by atoms with Crippen molar-refractivity contribution in [1.29, 1.82) is 0 Å². The van der Waals surface area contributed by atoms with E-state index >= 15 is 0 Å². The second-order valence-electron chi connectivity index (χ2n) is 5.41. The highest BCUT2D eigenvalue weighted by Gasteiger charge is 2.23. The van der Waals surface area contributed by atoms with E-state index in [2.05, 4.69) is 18.0 Å². The van der Waals surface area contributed by atoms with Crippen LogP contribution in [0.25, 0.3) is 10.6 Å². The van der Waals surface area contributed by atoms with Gasteiger partial charge in [-0.2, -0.15) is 0 Å². The van der Waals surface area contributed by atoms with Crippen LogP contribution in [0.1, 0.15) is 12.6 Å². The molecule has 1 aliphatic heterocycles. The van der Waals surface area contributed by atoms with Gasteiger partial charge in [-0.15, -0.1) is 0 Å². The maximum Gasteiger partial charge on any atom is 0.324 e. The van der Waals surface area contributed by atoms with E-state index in [1.165, 1.54) is 11.7 Å². The molecule has 2 aromatic carbocycles. The molecule has 5 heteroatoms. The number of rotatable bonds is 5. The van der Waals surface area contributed by atoms with Gasteiger partial charge in [0.2, 0.25) is 0 Å². The molecule has 0 saturated heterocycles. The van der Waals surface area contributed by atoms with Crippen LogP contribution in [0.2, 0.25) is 6.82 Å². The molecule has 1 heterocycles. The normalized spacial score (nSPS) is 12.2. The highest BCUT2D eigenvalue weighted by Crippen LogP contribution is 2.33. The Balaban J connectivity index is 0.00000225. The summed E-state index contributed by atoms with van der Waals surface area (Å²) in [5.74, 6) is 1.69. The summed E-state index contributed by atoms with van der Waals surface area (Å²) in [4.78, 5) is 3.48. The van der Waals surface area contributed by atoms with Crippen molar-refractivity contribution in [2.24, 2.45) is 0 Å². The fraction of sp³-hybridized carbons (Fsp3) is 0.105. The lowest BCUT2D eigenvalue weighted by Crippen LogP contribution is -2.23. The molecule has 0 fully saturated rings. The second kappa shape index (κ2) is 6.65. The third kappa shape index (κ3) is 3.05. The summed E-state index contributed by atoms with van der Waals surface area (Å²) in [6.45, 7) is 17.3. The van der Waals surface area contributed by atoms with Crippen LogP contribution in [-0.2, 0) is 16.0 Å². The fourth-order valence-corrected chi connectivity index (χ4v) is 2.67. The van der Waals surface area contributed by atoms with E-state index < -0.39 is 0 Å². The number of ether oxygens (including phenoxy) is 2. The van der Waals surface area contributed by atoms with E-state index in [0.717, 1.165) is 11.3 Å². The van der Waals surface area contributed by atoms with Gasteiger partial charge < -0.3 is 14.1 Å². The standard InChI is InChI=1S/C19H16BNO3.H2/c1-5-22-13(2)17-11-16(7-9-19(17)21-4)24-15-6-8-18-14(10-15)12-23-20(18)3;/h5-11H,1-2,12H2,3H3;1H. The van der Waals surface area contributed by atoms with Gasteiger partial charge in [-0.1, -0.05) is 32.1 Å². The highest BCUT2D eigenvalue weighted by molar-refractivity contribution is 6.67. The molecule has 0 aromatic heterocycles. The molecule has 2 aromatic rings.